The smallest absolute Gasteiger partial charge is 0.315 e. The van der Waals surface area contributed by atoms with Crippen molar-refractivity contribution in [3.8, 4) is 0 Å². The molecule has 2 aromatic heterocycles. The number of hydrogen-bond donors (Lipinski definition) is 3. The number of amides is 2. The minimum Gasteiger partial charge on any atom is -0.396 e. The van der Waals surface area contributed by atoms with Crippen LogP contribution in [0.5, 0.6) is 0 Å². The Morgan fingerprint density at radius 3 is 3.09 bits per heavy atom. The van der Waals surface area contributed by atoms with E-state index in [0.717, 1.165) is 36.3 Å². The third-order valence-corrected chi connectivity index (χ3v) is 4.92. The van der Waals surface area contributed by atoms with Gasteiger partial charge in [-0.05, 0) is 31.9 Å². The Morgan fingerprint density at radius 1 is 1.52 bits per heavy atom. The van der Waals surface area contributed by atoms with E-state index >= 15 is 0 Å². The predicted molar refractivity (Wildman–Crippen MR) is 88.1 cm³/mol. The lowest BCUT2D eigenvalue weighted by atomic mass is 9.86. The molecule has 124 valence electrons. The number of aryl methyl sites for hydroxylation is 1. The number of nitrogens with one attached hydrogen (secondary N) is 2. The van der Waals surface area contributed by atoms with Crippen LogP contribution in [-0.4, -0.2) is 33.2 Å². The Hall–Kier alpha value is -2.08. The van der Waals surface area contributed by atoms with Crippen LogP contribution in [-0.2, 0) is 6.54 Å². The molecule has 6 heteroatoms. The van der Waals surface area contributed by atoms with Crippen LogP contribution in [0.1, 0.15) is 37.6 Å². The van der Waals surface area contributed by atoms with Crippen molar-refractivity contribution in [1.29, 1.82) is 0 Å². The summed E-state index contributed by atoms with van der Waals surface area (Å²) >= 11 is 0. The van der Waals surface area contributed by atoms with E-state index in [-0.39, 0.29) is 24.1 Å². The van der Waals surface area contributed by atoms with Crippen molar-refractivity contribution in [1.82, 2.24) is 20.0 Å². The topological polar surface area (TPSA) is 78.7 Å². The molecule has 1 aliphatic rings. The highest BCUT2D eigenvalue weighted by molar-refractivity contribution is 5.74. The number of aliphatic hydroxyl groups is 1. The number of hydrogen-bond acceptors (Lipinski definition) is 3. The fourth-order valence-corrected chi connectivity index (χ4v) is 3.33. The normalized spacial score (nSPS) is 24.0. The monoisotopic (exact) mass is 316 g/mol. The Kier molecular flexibility index (Phi) is 4.26. The number of carbonyl (C=O) groups excluding carboxylic acids is 1. The van der Waals surface area contributed by atoms with Gasteiger partial charge in [-0.1, -0.05) is 19.4 Å². The van der Waals surface area contributed by atoms with E-state index in [2.05, 4.69) is 15.6 Å². The van der Waals surface area contributed by atoms with E-state index in [4.69, 9.17) is 0 Å². The molecule has 23 heavy (non-hydrogen) atoms. The van der Waals surface area contributed by atoms with E-state index in [1.54, 1.807) is 0 Å². The van der Waals surface area contributed by atoms with Gasteiger partial charge in [0.25, 0.3) is 0 Å². The van der Waals surface area contributed by atoms with Crippen molar-refractivity contribution in [2.24, 2.45) is 5.41 Å². The highest BCUT2D eigenvalue weighted by Gasteiger charge is 2.39. The molecule has 2 heterocycles. The lowest BCUT2D eigenvalue weighted by molar-refractivity contribution is 0.121. The van der Waals surface area contributed by atoms with Crippen molar-refractivity contribution in [3.05, 3.63) is 35.8 Å². The Bertz CT molecular complexity index is 712. The molecule has 3 N–H and O–H groups in total. The summed E-state index contributed by atoms with van der Waals surface area (Å²) in [6, 6.07) is 5.76. The summed E-state index contributed by atoms with van der Waals surface area (Å²) in [5.74, 6) is 0. The van der Waals surface area contributed by atoms with Gasteiger partial charge in [-0.3, -0.25) is 0 Å². The number of pyridine rings is 1. The molecule has 2 aromatic rings. The van der Waals surface area contributed by atoms with Crippen molar-refractivity contribution in [2.75, 3.05) is 6.61 Å². The zero-order valence-electron chi connectivity index (χ0n) is 13.7. The van der Waals surface area contributed by atoms with Gasteiger partial charge in [0.05, 0.1) is 18.8 Å². The summed E-state index contributed by atoms with van der Waals surface area (Å²) in [6.07, 6.45) is 4.84. The van der Waals surface area contributed by atoms with Gasteiger partial charge in [0.1, 0.15) is 5.65 Å². The first-order valence-corrected chi connectivity index (χ1v) is 8.11. The summed E-state index contributed by atoms with van der Waals surface area (Å²) in [4.78, 5) is 16.6. The number of fused-ring (bicyclic) bond motifs is 1. The van der Waals surface area contributed by atoms with Gasteiger partial charge in [0, 0.05) is 23.3 Å². The maximum Gasteiger partial charge on any atom is 0.315 e. The maximum absolute atomic E-state index is 12.1. The molecule has 0 spiro atoms. The first-order valence-electron chi connectivity index (χ1n) is 8.11. The molecule has 0 bridgehead atoms. The van der Waals surface area contributed by atoms with Crippen LogP contribution in [0.25, 0.3) is 5.65 Å². The van der Waals surface area contributed by atoms with Gasteiger partial charge in [-0.15, -0.1) is 0 Å². The van der Waals surface area contributed by atoms with Crippen LogP contribution in [0.4, 0.5) is 4.79 Å². The molecule has 0 aromatic carbocycles. The van der Waals surface area contributed by atoms with E-state index in [1.165, 1.54) is 0 Å². The Morgan fingerprint density at radius 2 is 2.35 bits per heavy atom. The highest BCUT2D eigenvalue weighted by Crippen LogP contribution is 2.37. The molecule has 1 fully saturated rings. The van der Waals surface area contributed by atoms with Gasteiger partial charge in [-0.25, -0.2) is 9.78 Å². The number of imidazole rings is 1. The largest absolute Gasteiger partial charge is 0.396 e. The number of aliphatic hydroxyl groups excluding tert-OH is 1. The van der Waals surface area contributed by atoms with Crippen molar-refractivity contribution >= 4 is 11.7 Å². The maximum atomic E-state index is 12.1. The molecule has 0 radical (unpaired) electrons. The van der Waals surface area contributed by atoms with E-state index in [0.29, 0.717) is 6.54 Å². The summed E-state index contributed by atoms with van der Waals surface area (Å²) in [7, 11) is 0. The lowest BCUT2D eigenvalue weighted by Crippen LogP contribution is -2.48. The van der Waals surface area contributed by atoms with E-state index in [1.807, 2.05) is 42.6 Å². The van der Waals surface area contributed by atoms with Gasteiger partial charge in [0.15, 0.2) is 0 Å². The van der Waals surface area contributed by atoms with Gasteiger partial charge in [0.2, 0.25) is 0 Å². The molecule has 2 unspecified atom stereocenters. The standard InChI is InChI=1S/C17H24N4O2/c1-12-5-3-7-15-19-13(10-21(12)15)9-18-16(23)20-14-6-4-8-17(14,2)11-22/h3,5,7,10,14,22H,4,6,8-9,11H2,1-2H3,(H2,18,20,23). The molecule has 0 saturated heterocycles. The van der Waals surface area contributed by atoms with Gasteiger partial charge < -0.3 is 20.1 Å². The quantitative estimate of drug-likeness (QED) is 0.807. The number of rotatable bonds is 4. The molecule has 2 amide bonds. The molecule has 0 aliphatic heterocycles. The summed E-state index contributed by atoms with van der Waals surface area (Å²) in [6.45, 7) is 4.53. The SMILES string of the molecule is Cc1cccc2nc(CNC(=O)NC3CCCC3(C)CO)cn12. The lowest BCUT2D eigenvalue weighted by Gasteiger charge is -2.30. The molecule has 1 aliphatic carbocycles. The van der Waals surface area contributed by atoms with Gasteiger partial charge >= 0.3 is 6.03 Å². The van der Waals surface area contributed by atoms with Crippen LogP contribution in [0.3, 0.4) is 0 Å². The number of urea groups is 1. The third kappa shape index (κ3) is 3.17. The fraction of sp³-hybridized carbons (Fsp3) is 0.529. The Labute approximate surface area is 135 Å². The van der Waals surface area contributed by atoms with Crippen LogP contribution < -0.4 is 10.6 Å². The Balaban J connectivity index is 1.59. The van der Waals surface area contributed by atoms with Crippen molar-refractivity contribution < 1.29 is 9.90 Å². The van der Waals surface area contributed by atoms with Crippen molar-refractivity contribution in [2.45, 2.75) is 45.7 Å². The number of aromatic nitrogens is 2. The molecule has 1 saturated carbocycles. The first kappa shape index (κ1) is 15.8. The van der Waals surface area contributed by atoms with Crippen LogP contribution in [0, 0.1) is 12.3 Å². The third-order valence-electron chi connectivity index (χ3n) is 4.92. The van der Waals surface area contributed by atoms with Crippen LogP contribution in [0.2, 0.25) is 0 Å². The average molecular weight is 316 g/mol. The highest BCUT2D eigenvalue weighted by atomic mass is 16.3. The van der Waals surface area contributed by atoms with Crippen LogP contribution in [0.15, 0.2) is 24.4 Å². The fourth-order valence-electron chi connectivity index (χ4n) is 3.33. The summed E-state index contributed by atoms with van der Waals surface area (Å²) < 4.78 is 2.01. The second-order valence-electron chi connectivity index (χ2n) is 6.71. The second kappa shape index (κ2) is 6.20. The minimum atomic E-state index is -0.211. The number of nitrogens with zero attached hydrogens (tertiary/aromatic N) is 2. The molecule has 2 atom stereocenters. The molecule has 3 rings (SSSR count). The zero-order chi connectivity index (χ0) is 16.4. The minimum absolute atomic E-state index is 0.0239. The van der Waals surface area contributed by atoms with E-state index < -0.39 is 0 Å². The molecular weight excluding hydrogens is 292 g/mol. The zero-order valence-corrected chi connectivity index (χ0v) is 13.7. The van der Waals surface area contributed by atoms with E-state index in [9.17, 15) is 9.90 Å². The van der Waals surface area contributed by atoms with Crippen LogP contribution >= 0.6 is 0 Å². The first-order chi connectivity index (χ1) is 11.0. The second-order valence-corrected chi connectivity index (χ2v) is 6.71. The average Bonchev–Trinajstić information content (AvgIpc) is 3.11. The number of carbonyl (C=O) groups is 1. The molecular formula is C17H24N4O2. The summed E-state index contributed by atoms with van der Waals surface area (Å²) in [5.41, 5.74) is 2.60. The van der Waals surface area contributed by atoms with Gasteiger partial charge in [-0.2, -0.15) is 0 Å². The summed E-state index contributed by atoms with van der Waals surface area (Å²) in [5, 5.41) is 15.4. The predicted octanol–water partition coefficient (Wildman–Crippen LogP) is 1.99. The molecule has 6 nitrogen and oxygen atoms in total. The van der Waals surface area contributed by atoms with Crippen molar-refractivity contribution in [3.63, 3.8) is 0 Å².